The number of piperazine rings is 2. The zero-order valence-electron chi connectivity index (χ0n) is 17.3. The van der Waals surface area contributed by atoms with Crippen LogP contribution < -0.4 is 14.7 Å². The quantitative estimate of drug-likeness (QED) is 0.609. The molecule has 2 heterocycles. The number of halogens is 1. The molecule has 2 saturated heterocycles. The lowest BCUT2D eigenvalue weighted by atomic mass is 10.2. The third kappa shape index (κ3) is 5.45. The highest BCUT2D eigenvalue weighted by Crippen LogP contribution is 2.18. The highest BCUT2D eigenvalue weighted by atomic mass is 35.5. The van der Waals surface area contributed by atoms with Gasteiger partial charge in [-0.05, 0) is 36.4 Å². The van der Waals surface area contributed by atoms with Crippen molar-refractivity contribution < 1.29 is 19.7 Å². The number of phenols is 1. The highest BCUT2D eigenvalue weighted by Gasteiger charge is 2.28. The van der Waals surface area contributed by atoms with E-state index in [0.717, 1.165) is 69.6 Å². The van der Waals surface area contributed by atoms with Gasteiger partial charge in [0.15, 0.2) is 6.54 Å². The summed E-state index contributed by atoms with van der Waals surface area (Å²) in [4.78, 5) is 20.1. The van der Waals surface area contributed by atoms with Crippen LogP contribution in [0.2, 0.25) is 5.02 Å². The zero-order chi connectivity index (χ0) is 20.9. The van der Waals surface area contributed by atoms with Crippen LogP contribution in [0.3, 0.4) is 0 Å². The van der Waals surface area contributed by atoms with Crippen molar-refractivity contribution in [2.75, 3.05) is 63.8 Å². The predicted molar refractivity (Wildman–Crippen MR) is 118 cm³/mol. The van der Waals surface area contributed by atoms with Crippen LogP contribution in [0, 0.1) is 0 Å². The van der Waals surface area contributed by atoms with Gasteiger partial charge in [-0.3, -0.25) is 4.79 Å². The summed E-state index contributed by atoms with van der Waals surface area (Å²) in [7, 11) is 0. The molecule has 2 aromatic carbocycles. The molecule has 7 heteroatoms. The molecule has 0 atom stereocenters. The van der Waals surface area contributed by atoms with E-state index in [1.54, 1.807) is 12.1 Å². The van der Waals surface area contributed by atoms with Gasteiger partial charge in [-0.1, -0.05) is 23.7 Å². The Balaban J connectivity index is 1.19. The molecule has 2 aliphatic rings. The van der Waals surface area contributed by atoms with Crippen LogP contribution in [0.1, 0.15) is 5.56 Å². The molecule has 2 aromatic rings. The second-order valence-electron chi connectivity index (χ2n) is 8.36. The Bertz CT molecular complexity index is 827. The van der Waals surface area contributed by atoms with Gasteiger partial charge in [-0.2, -0.15) is 0 Å². The van der Waals surface area contributed by atoms with Crippen molar-refractivity contribution in [2.24, 2.45) is 0 Å². The zero-order valence-corrected chi connectivity index (χ0v) is 18.1. The van der Waals surface area contributed by atoms with Crippen LogP contribution in [0.5, 0.6) is 5.75 Å². The number of aromatic hydroxyl groups is 1. The van der Waals surface area contributed by atoms with Crippen LogP contribution in [0.25, 0.3) is 0 Å². The maximum Gasteiger partial charge on any atom is 0.278 e. The average Bonchev–Trinajstić information content (AvgIpc) is 2.77. The third-order valence-corrected chi connectivity index (χ3v) is 6.53. The molecule has 0 bridgehead atoms. The molecule has 4 rings (SSSR count). The second kappa shape index (κ2) is 9.69. The van der Waals surface area contributed by atoms with E-state index < -0.39 is 0 Å². The number of hydrogen-bond acceptors (Lipinski definition) is 3. The first-order valence-corrected chi connectivity index (χ1v) is 11.2. The smallest absolute Gasteiger partial charge is 0.278 e. The Hall–Kier alpha value is -2.28. The van der Waals surface area contributed by atoms with Crippen molar-refractivity contribution in [1.29, 1.82) is 0 Å². The molecule has 0 unspecified atom stereocenters. The van der Waals surface area contributed by atoms with Gasteiger partial charge in [0.2, 0.25) is 0 Å². The number of nitrogens with zero attached hydrogens (tertiary/aromatic N) is 2. The number of amides is 1. The van der Waals surface area contributed by atoms with Crippen molar-refractivity contribution in [2.45, 2.75) is 6.54 Å². The number of quaternary nitrogens is 2. The van der Waals surface area contributed by atoms with E-state index in [4.69, 9.17) is 11.6 Å². The molecule has 30 heavy (non-hydrogen) atoms. The lowest BCUT2D eigenvalue weighted by molar-refractivity contribution is -0.918. The minimum atomic E-state index is 0.286. The molecular weight excluding hydrogens is 400 g/mol. The number of nitrogens with one attached hydrogen (secondary N) is 2. The molecule has 2 aliphatic heterocycles. The van der Waals surface area contributed by atoms with Gasteiger partial charge in [-0.15, -0.1) is 0 Å². The van der Waals surface area contributed by atoms with Gasteiger partial charge in [0, 0.05) is 16.3 Å². The van der Waals surface area contributed by atoms with Crippen LogP contribution in [-0.4, -0.2) is 74.8 Å². The molecule has 6 nitrogen and oxygen atoms in total. The highest BCUT2D eigenvalue weighted by molar-refractivity contribution is 6.30. The normalized spacial score (nSPS) is 18.6. The summed E-state index contributed by atoms with van der Waals surface area (Å²) in [6.45, 7) is 9.07. The monoisotopic (exact) mass is 430 g/mol. The summed E-state index contributed by atoms with van der Waals surface area (Å²) in [5.74, 6) is 0.581. The van der Waals surface area contributed by atoms with Crippen LogP contribution in [0.4, 0.5) is 5.69 Å². The summed E-state index contributed by atoms with van der Waals surface area (Å²) in [6.07, 6.45) is 0. The summed E-state index contributed by atoms with van der Waals surface area (Å²) < 4.78 is 0. The molecule has 0 aliphatic carbocycles. The lowest BCUT2D eigenvalue weighted by Gasteiger charge is -2.36. The van der Waals surface area contributed by atoms with Crippen molar-refractivity contribution in [3.05, 3.63) is 59.1 Å². The van der Waals surface area contributed by atoms with Crippen LogP contribution in [0.15, 0.2) is 48.5 Å². The number of benzene rings is 2. The fraction of sp³-hybridized carbons (Fsp3) is 0.435. The second-order valence-corrected chi connectivity index (χ2v) is 8.80. The largest absolute Gasteiger partial charge is 0.508 e. The van der Waals surface area contributed by atoms with Gasteiger partial charge in [0.25, 0.3) is 5.91 Å². The molecule has 0 spiro atoms. The van der Waals surface area contributed by atoms with Gasteiger partial charge in [0.1, 0.15) is 12.3 Å². The van der Waals surface area contributed by atoms with Gasteiger partial charge >= 0.3 is 0 Å². The summed E-state index contributed by atoms with van der Waals surface area (Å²) in [5.41, 5.74) is 2.43. The SMILES string of the molecule is O=C(C[NH+]1CCN(c2ccc(O)cc2)CC1)N1CC[NH+](Cc2ccc(Cl)cc2)CC1. The Morgan fingerprint density at radius 2 is 1.47 bits per heavy atom. The van der Waals surface area contributed by atoms with Gasteiger partial charge in [0.05, 0.1) is 52.4 Å². The first-order chi connectivity index (χ1) is 14.6. The fourth-order valence-electron chi connectivity index (χ4n) is 4.39. The molecule has 2 fully saturated rings. The maximum absolute atomic E-state index is 12.8. The van der Waals surface area contributed by atoms with Crippen LogP contribution >= 0.6 is 11.6 Å². The summed E-state index contributed by atoms with van der Waals surface area (Å²) in [5, 5.41) is 10.2. The Kier molecular flexibility index (Phi) is 6.77. The van der Waals surface area contributed by atoms with Gasteiger partial charge in [-0.25, -0.2) is 0 Å². The summed E-state index contributed by atoms with van der Waals surface area (Å²) in [6, 6.07) is 15.4. The minimum Gasteiger partial charge on any atom is -0.508 e. The van der Waals surface area contributed by atoms with Crippen molar-refractivity contribution in [3.8, 4) is 5.75 Å². The van der Waals surface area contributed by atoms with Crippen molar-refractivity contribution >= 4 is 23.2 Å². The standard InChI is InChI=1S/C23H29ClN4O2/c24-20-3-1-19(2-4-20)17-25-11-15-28(16-12-25)23(30)18-26-9-13-27(14-10-26)21-5-7-22(29)8-6-21/h1-8,29H,9-18H2/p+2. The molecule has 0 radical (unpaired) electrons. The third-order valence-electron chi connectivity index (χ3n) is 6.28. The van der Waals surface area contributed by atoms with E-state index in [-0.39, 0.29) is 5.91 Å². The summed E-state index contributed by atoms with van der Waals surface area (Å²) >= 11 is 5.97. The van der Waals surface area contributed by atoms with Gasteiger partial charge < -0.3 is 24.7 Å². The Morgan fingerprint density at radius 1 is 0.867 bits per heavy atom. The maximum atomic E-state index is 12.8. The lowest BCUT2D eigenvalue weighted by Crippen LogP contribution is -3.16. The first kappa shape index (κ1) is 21.0. The minimum absolute atomic E-state index is 0.286. The number of phenolic OH excluding ortho intramolecular Hbond substituents is 1. The molecule has 1 amide bonds. The number of carbonyl (C=O) groups excluding carboxylic acids is 1. The van der Waals surface area contributed by atoms with E-state index in [1.165, 1.54) is 15.4 Å². The van der Waals surface area contributed by atoms with Crippen molar-refractivity contribution in [3.63, 3.8) is 0 Å². The van der Waals surface area contributed by atoms with E-state index in [1.807, 2.05) is 29.2 Å². The molecular formula is C23H31ClN4O2+2. The average molecular weight is 431 g/mol. The topological polar surface area (TPSA) is 52.7 Å². The molecule has 160 valence electrons. The van der Waals surface area contributed by atoms with Crippen LogP contribution in [-0.2, 0) is 11.3 Å². The Labute approximate surface area is 183 Å². The predicted octanol–water partition coefficient (Wildman–Crippen LogP) is -0.322. The van der Waals surface area contributed by atoms with E-state index in [2.05, 4.69) is 17.0 Å². The number of anilines is 1. The number of carbonyl (C=O) groups is 1. The fourth-order valence-corrected chi connectivity index (χ4v) is 4.51. The van der Waals surface area contributed by atoms with Crippen molar-refractivity contribution in [1.82, 2.24) is 4.90 Å². The number of hydrogen-bond donors (Lipinski definition) is 3. The Morgan fingerprint density at radius 3 is 2.10 bits per heavy atom. The molecule has 0 saturated carbocycles. The van der Waals surface area contributed by atoms with E-state index in [0.29, 0.717) is 12.3 Å². The van der Waals surface area contributed by atoms with E-state index in [9.17, 15) is 9.90 Å². The first-order valence-electron chi connectivity index (χ1n) is 10.8. The van der Waals surface area contributed by atoms with E-state index >= 15 is 0 Å². The molecule has 0 aromatic heterocycles. The molecule has 3 N–H and O–H groups in total. The number of rotatable bonds is 5.